The monoisotopic (exact) mass is 315 g/mol. The van der Waals surface area contributed by atoms with Gasteiger partial charge in [-0.1, -0.05) is 23.4 Å². The van der Waals surface area contributed by atoms with Crippen LogP contribution in [0.25, 0.3) is 0 Å². The van der Waals surface area contributed by atoms with Crippen LogP contribution in [0.4, 0.5) is 13.2 Å². The molecular weight excluding hydrogens is 303 g/mol. The van der Waals surface area contributed by atoms with Crippen molar-refractivity contribution >= 4 is 5.97 Å². The van der Waals surface area contributed by atoms with Gasteiger partial charge in [-0.25, -0.2) is 4.68 Å². The molecule has 0 saturated carbocycles. The Kier molecular flexibility index (Phi) is 4.64. The number of carboxylic acid groups (broad SMARTS) is 1. The minimum absolute atomic E-state index is 0.0341. The summed E-state index contributed by atoms with van der Waals surface area (Å²) in [6.45, 7) is 0.0341. The molecule has 1 aromatic carbocycles. The second kappa shape index (κ2) is 6.46. The lowest BCUT2D eigenvalue weighted by atomic mass is 10.2. The first kappa shape index (κ1) is 15.8. The Morgan fingerprint density at radius 3 is 2.73 bits per heavy atom. The molecule has 0 saturated heterocycles. The maximum absolute atomic E-state index is 12.3. The number of aromatic nitrogens is 3. The van der Waals surface area contributed by atoms with E-state index in [0.717, 1.165) is 0 Å². The fourth-order valence-corrected chi connectivity index (χ4v) is 1.80. The van der Waals surface area contributed by atoms with Crippen LogP contribution in [-0.4, -0.2) is 32.4 Å². The maximum atomic E-state index is 12.3. The van der Waals surface area contributed by atoms with E-state index in [1.54, 1.807) is 6.07 Å². The van der Waals surface area contributed by atoms with Gasteiger partial charge in [0.05, 0.1) is 18.7 Å². The summed E-state index contributed by atoms with van der Waals surface area (Å²) >= 11 is 0. The molecular formula is C13H12F3N3O3. The van der Waals surface area contributed by atoms with Crippen LogP contribution in [0.2, 0.25) is 0 Å². The molecule has 1 N–H and O–H groups in total. The second-order valence-corrected chi connectivity index (χ2v) is 4.46. The average molecular weight is 315 g/mol. The molecule has 0 aliphatic carbocycles. The molecule has 0 bridgehead atoms. The predicted octanol–water partition coefficient (Wildman–Crippen LogP) is 2.24. The zero-order chi connectivity index (χ0) is 16.2. The molecule has 0 aliphatic rings. The van der Waals surface area contributed by atoms with E-state index in [2.05, 4.69) is 15.0 Å². The van der Waals surface area contributed by atoms with Crippen LogP contribution in [0, 0.1) is 0 Å². The van der Waals surface area contributed by atoms with Crippen LogP contribution in [0.1, 0.15) is 17.7 Å². The standard InChI is InChI=1S/C13H12F3N3O3/c14-13(15,16)22-11-4-2-1-3-9(11)7-19-8-10(17-18-19)5-6-12(20)21/h1-4,8H,5-7H2,(H,20,21). The third kappa shape index (κ3) is 4.76. The summed E-state index contributed by atoms with van der Waals surface area (Å²) in [6.07, 6.45) is -3.17. The third-order valence-electron chi connectivity index (χ3n) is 2.71. The van der Waals surface area contributed by atoms with Crippen molar-refractivity contribution in [3.05, 3.63) is 41.7 Å². The molecule has 22 heavy (non-hydrogen) atoms. The molecule has 118 valence electrons. The van der Waals surface area contributed by atoms with Gasteiger partial charge in [0.15, 0.2) is 0 Å². The summed E-state index contributed by atoms with van der Waals surface area (Å²) in [5, 5.41) is 16.1. The van der Waals surface area contributed by atoms with Gasteiger partial charge in [-0.05, 0) is 6.07 Å². The Morgan fingerprint density at radius 1 is 1.32 bits per heavy atom. The van der Waals surface area contributed by atoms with Crippen molar-refractivity contribution in [2.75, 3.05) is 0 Å². The smallest absolute Gasteiger partial charge is 0.481 e. The SMILES string of the molecule is O=C(O)CCc1cn(Cc2ccccc2OC(F)(F)F)nn1. The second-order valence-electron chi connectivity index (χ2n) is 4.46. The molecule has 0 amide bonds. The molecule has 0 atom stereocenters. The van der Waals surface area contributed by atoms with Crippen LogP contribution in [-0.2, 0) is 17.8 Å². The van der Waals surface area contributed by atoms with Gasteiger partial charge in [0, 0.05) is 18.2 Å². The first-order valence-corrected chi connectivity index (χ1v) is 6.28. The van der Waals surface area contributed by atoms with Crippen LogP contribution in [0.15, 0.2) is 30.5 Å². The number of para-hydroxylation sites is 1. The minimum Gasteiger partial charge on any atom is -0.481 e. The number of hydrogen-bond acceptors (Lipinski definition) is 4. The highest BCUT2D eigenvalue weighted by Gasteiger charge is 2.32. The number of rotatable bonds is 6. The number of aryl methyl sites for hydroxylation is 1. The summed E-state index contributed by atoms with van der Waals surface area (Å²) in [4.78, 5) is 10.5. The van der Waals surface area contributed by atoms with Gasteiger partial charge >= 0.3 is 12.3 Å². The summed E-state index contributed by atoms with van der Waals surface area (Å²) in [5.41, 5.74) is 0.742. The van der Waals surface area contributed by atoms with Gasteiger partial charge in [0.25, 0.3) is 0 Å². The topological polar surface area (TPSA) is 77.2 Å². The average Bonchev–Trinajstić information content (AvgIpc) is 2.85. The Labute approximate surface area is 123 Å². The van der Waals surface area contributed by atoms with Gasteiger partial charge in [-0.3, -0.25) is 4.79 Å². The molecule has 2 rings (SSSR count). The Bertz CT molecular complexity index is 655. The number of alkyl halides is 3. The number of carbonyl (C=O) groups is 1. The Balaban J connectivity index is 2.09. The van der Waals surface area contributed by atoms with Crippen molar-refractivity contribution in [2.45, 2.75) is 25.7 Å². The number of benzene rings is 1. The number of halogens is 3. The lowest BCUT2D eigenvalue weighted by Gasteiger charge is -2.12. The van der Waals surface area contributed by atoms with E-state index in [-0.39, 0.29) is 30.7 Å². The highest BCUT2D eigenvalue weighted by Crippen LogP contribution is 2.26. The fourth-order valence-electron chi connectivity index (χ4n) is 1.80. The van der Waals surface area contributed by atoms with E-state index >= 15 is 0 Å². The fraction of sp³-hybridized carbons (Fsp3) is 0.308. The van der Waals surface area contributed by atoms with Crippen LogP contribution in [0.3, 0.4) is 0 Å². The van der Waals surface area contributed by atoms with Crippen LogP contribution < -0.4 is 4.74 Å². The molecule has 0 fully saturated rings. The molecule has 1 heterocycles. The van der Waals surface area contributed by atoms with Gasteiger partial charge in [-0.2, -0.15) is 0 Å². The zero-order valence-electron chi connectivity index (χ0n) is 11.2. The van der Waals surface area contributed by atoms with E-state index in [4.69, 9.17) is 5.11 Å². The molecule has 0 aliphatic heterocycles. The number of carboxylic acids is 1. The van der Waals surface area contributed by atoms with Crippen molar-refractivity contribution in [1.29, 1.82) is 0 Å². The lowest BCUT2D eigenvalue weighted by molar-refractivity contribution is -0.274. The Morgan fingerprint density at radius 2 is 2.05 bits per heavy atom. The van der Waals surface area contributed by atoms with Crippen molar-refractivity contribution in [1.82, 2.24) is 15.0 Å². The summed E-state index contributed by atoms with van der Waals surface area (Å²) in [6, 6.07) is 5.72. The highest BCUT2D eigenvalue weighted by atomic mass is 19.4. The molecule has 0 spiro atoms. The molecule has 2 aromatic rings. The van der Waals surface area contributed by atoms with Crippen LogP contribution >= 0.6 is 0 Å². The van der Waals surface area contributed by atoms with E-state index in [0.29, 0.717) is 5.69 Å². The molecule has 0 unspecified atom stereocenters. The van der Waals surface area contributed by atoms with E-state index in [9.17, 15) is 18.0 Å². The van der Waals surface area contributed by atoms with Crippen molar-refractivity contribution < 1.29 is 27.8 Å². The number of aliphatic carboxylic acids is 1. The third-order valence-corrected chi connectivity index (χ3v) is 2.71. The summed E-state index contributed by atoms with van der Waals surface area (Å²) in [5.74, 6) is -1.27. The van der Waals surface area contributed by atoms with E-state index in [1.807, 2.05) is 0 Å². The molecule has 9 heteroatoms. The molecule has 0 radical (unpaired) electrons. The number of hydrogen-bond donors (Lipinski definition) is 1. The van der Waals surface area contributed by atoms with Gasteiger partial charge < -0.3 is 9.84 Å². The zero-order valence-corrected chi connectivity index (χ0v) is 11.2. The number of nitrogens with zero attached hydrogens (tertiary/aromatic N) is 3. The predicted molar refractivity (Wildman–Crippen MR) is 68.2 cm³/mol. The van der Waals surface area contributed by atoms with Crippen molar-refractivity contribution in [3.8, 4) is 5.75 Å². The molecule has 6 nitrogen and oxygen atoms in total. The quantitative estimate of drug-likeness (QED) is 0.884. The summed E-state index contributed by atoms with van der Waals surface area (Å²) < 4.78 is 42.3. The van der Waals surface area contributed by atoms with E-state index in [1.165, 1.54) is 29.1 Å². The van der Waals surface area contributed by atoms with Gasteiger partial charge in [0.2, 0.25) is 0 Å². The van der Waals surface area contributed by atoms with Gasteiger partial charge in [0.1, 0.15) is 5.75 Å². The molecule has 1 aromatic heterocycles. The van der Waals surface area contributed by atoms with Crippen LogP contribution in [0.5, 0.6) is 5.75 Å². The first-order chi connectivity index (χ1) is 10.3. The van der Waals surface area contributed by atoms with E-state index < -0.39 is 12.3 Å². The lowest BCUT2D eigenvalue weighted by Crippen LogP contribution is -2.18. The normalized spacial score (nSPS) is 11.4. The first-order valence-electron chi connectivity index (χ1n) is 6.28. The van der Waals surface area contributed by atoms with Gasteiger partial charge in [-0.15, -0.1) is 18.3 Å². The van der Waals surface area contributed by atoms with Crippen molar-refractivity contribution in [3.63, 3.8) is 0 Å². The highest BCUT2D eigenvalue weighted by molar-refractivity contribution is 5.66. The Hall–Kier alpha value is -2.58. The minimum atomic E-state index is -4.77. The maximum Gasteiger partial charge on any atom is 0.573 e. The van der Waals surface area contributed by atoms with Crippen molar-refractivity contribution in [2.24, 2.45) is 0 Å². The largest absolute Gasteiger partial charge is 0.573 e. The summed E-state index contributed by atoms with van der Waals surface area (Å²) in [7, 11) is 0. The number of ether oxygens (including phenoxy) is 1.